The molecule has 0 radical (unpaired) electrons. The molecule has 3 aromatic rings. The normalized spacial score (nSPS) is 20.1. The molecule has 5 heteroatoms. The Morgan fingerprint density at radius 3 is 2.54 bits per heavy atom. The third-order valence-electron chi connectivity index (χ3n) is 6.11. The van der Waals surface area contributed by atoms with Crippen molar-refractivity contribution in [2.75, 3.05) is 18.0 Å². The first-order valence-electron chi connectivity index (χ1n) is 10.4. The minimum absolute atomic E-state index is 0.0109. The van der Waals surface area contributed by atoms with Crippen LogP contribution in [-0.4, -0.2) is 34.6 Å². The number of carbonyl (C=O) groups excluding carboxylic acids is 1. The third-order valence-corrected chi connectivity index (χ3v) is 6.11. The van der Waals surface area contributed by atoms with E-state index in [1.165, 1.54) is 31.2 Å². The number of rotatable bonds is 4. The van der Waals surface area contributed by atoms with Crippen LogP contribution >= 0.6 is 0 Å². The summed E-state index contributed by atoms with van der Waals surface area (Å²) in [6, 6.07) is 18.6. The third kappa shape index (κ3) is 3.15. The van der Waals surface area contributed by atoms with Gasteiger partial charge in [-0.1, -0.05) is 43.2 Å². The molecule has 5 nitrogen and oxygen atoms in total. The lowest BCUT2D eigenvalue weighted by Crippen LogP contribution is -2.37. The molecule has 1 saturated carbocycles. The molecule has 2 aliphatic rings. The fraction of sp³-hybridized carbons (Fsp3) is 0.391. The minimum Gasteiger partial charge on any atom is -0.347 e. The molecule has 2 aromatic carbocycles. The van der Waals surface area contributed by atoms with Crippen LogP contribution in [0, 0.1) is 0 Å². The number of imidazole rings is 1. The molecular formula is C23H26N4O. The summed E-state index contributed by atoms with van der Waals surface area (Å²) < 4.78 is 2.46. The molecule has 1 amide bonds. The van der Waals surface area contributed by atoms with Gasteiger partial charge in [0, 0.05) is 30.7 Å². The number of carbonyl (C=O) groups is 1. The first kappa shape index (κ1) is 17.3. The molecule has 2 heterocycles. The Morgan fingerprint density at radius 1 is 0.964 bits per heavy atom. The number of fused-ring (bicyclic) bond motifs is 1. The van der Waals surface area contributed by atoms with Gasteiger partial charge in [-0.05, 0) is 43.5 Å². The van der Waals surface area contributed by atoms with Crippen LogP contribution in [0.1, 0.15) is 48.5 Å². The SMILES string of the molecule is O=C(N[C@@H]1CCN(c2nc3ccccc3n2C2CCCC2)C1)c1ccccc1. The van der Waals surface area contributed by atoms with Gasteiger partial charge >= 0.3 is 0 Å². The first-order valence-corrected chi connectivity index (χ1v) is 10.4. The number of anilines is 1. The quantitative estimate of drug-likeness (QED) is 0.746. The van der Waals surface area contributed by atoms with Crippen molar-refractivity contribution < 1.29 is 4.79 Å². The second kappa shape index (κ2) is 7.30. The van der Waals surface area contributed by atoms with Gasteiger partial charge in [0.25, 0.3) is 5.91 Å². The molecule has 1 aromatic heterocycles. The summed E-state index contributed by atoms with van der Waals surface area (Å²) in [5.41, 5.74) is 3.03. The van der Waals surface area contributed by atoms with Gasteiger partial charge in [0.05, 0.1) is 11.0 Å². The Hall–Kier alpha value is -2.82. The van der Waals surface area contributed by atoms with E-state index in [0.29, 0.717) is 6.04 Å². The zero-order chi connectivity index (χ0) is 18.9. The summed E-state index contributed by atoms with van der Waals surface area (Å²) in [4.78, 5) is 19.9. The maximum atomic E-state index is 12.5. The summed E-state index contributed by atoms with van der Waals surface area (Å²) in [6.07, 6.45) is 6.01. The molecule has 0 bridgehead atoms. The van der Waals surface area contributed by atoms with Crippen molar-refractivity contribution in [2.24, 2.45) is 0 Å². The van der Waals surface area contributed by atoms with Crippen LogP contribution in [0.15, 0.2) is 54.6 Å². The van der Waals surface area contributed by atoms with Crippen molar-refractivity contribution in [3.8, 4) is 0 Å². The molecule has 28 heavy (non-hydrogen) atoms. The van der Waals surface area contributed by atoms with Gasteiger partial charge in [0.2, 0.25) is 5.95 Å². The highest BCUT2D eigenvalue weighted by Gasteiger charge is 2.30. The van der Waals surface area contributed by atoms with Gasteiger partial charge in [-0.3, -0.25) is 4.79 Å². The number of para-hydroxylation sites is 2. The molecule has 1 aliphatic carbocycles. The van der Waals surface area contributed by atoms with Crippen molar-refractivity contribution in [1.82, 2.24) is 14.9 Å². The number of hydrogen-bond donors (Lipinski definition) is 1. The average molecular weight is 374 g/mol. The number of hydrogen-bond acceptors (Lipinski definition) is 3. The number of nitrogens with zero attached hydrogens (tertiary/aromatic N) is 3. The largest absolute Gasteiger partial charge is 0.347 e. The van der Waals surface area contributed by atoms with Gasteiger partial charge in [0.1, 0.15) is 0 Å². The van der Waals surface area contributed by atoms with Crippen LogP contribution in [0.5, 0.6) is 0 Å². The lowest BCUT2D eigenvalue weighted by Gasteiger charge is -2.23. The fourth-order valence-electron chi connectivity index (χ4n) is 4.70. The van der Waals surface area contributed by atoms with E-state index >= 15 is 0 Å². The Bertz CT molecular complexity index is 975. The van der Waals surface area contributed by atoms with E-state index in [-0.39, 0.29) is 11.9 Å². The predicted octanol–water partition coefficient (Wildman–Crippen LogP) is 4.16. The molecule has 0 unspecified atom stereocenters. The molecular weight excluding hydrogens is 348 g/mol. The highest BCUT2D eigenvalue weighted by atomic mass is 16.1. The van der Waals surface area contributed by atoms with E-state index in [4.69, 9.17) is 4.98 Å². The molecule has 1 N–H and O–H groups in total. The zero-order valence-electron chi connectivity index (χ0n) is 16.1. The lowest BCUT2D eigenvalue weighted by atomic mass is 10.2. The predicted molar refractivity (Wildman–Crippen MR) is 112 cm³/mol. The van der Waals surface area contributed by atoms with E-state index in [1.807, 2.05) is 30.3 Å². The van der Waals surface area contributed by atoms with E-state index in [9.17, 15) is 4.79 Å². The van der Waals surface area contributed by atoms with Gasteiger partial charge in [-0.2, -0.15) is 0 Å². The molecule has 1 aliphatic heterocycles. The number of nitrogens with one attached hydrogen (secondary N) is 1. The van der Waals surface area contributed by atoms with E-state index < -0.39 is 0 Å². The van der Waals surface area contributed by atoms with E-state index in [0.717, 1.165) is 36.5 Å². The number of amides is 1. The number of benzene rings is 2. The lowest BCUT2D eigenvalue weighted by molar-refractivity contribution is 0.0940. The van der Waals surface area contributed by atoms with Gasteiger partial charge in [0.15, 0.2) is 0 Å². The highest BCUT2D eigenvalue weighted by Crippen LogP contribution is 2.37. The summed E-state index contributed by atoms with van der Waals surface area (Å²) in [5.74, 6) is 1.08. The van der Waals surface area contributed by atoms with Crippen molar-refractivity contribution in [3.63, 3.8) is 0 Å². The van der Waals surface area contributed by atoms with Crippen molar-refractivity contribution in [3.05, 3.63) is 60.2 Å². The maximum Gasteiger partial charge on any atom is 0.251 e. The van der Waals surface area contributed by atoms with Gasteiger partial charge in [-0.25, -0.2) is 4.98 Å². The summed E-state index contributed by atoms with van der Waals surface area (Å²) >= 11 is 0. The summed E-state index contributed by atoms with van der Waals surface area (Å²) in [6.45, 7) is 1.74. The maximum absolute atomic E-state index is 12.5. The fourth-order valence-corrected chi connectivity index (χ4v) is 4.70. The Morgan fingerprint density at radius 2 is 1.71 bits per heavy atom. The monoisotopic (exact) mass is 374 g/mol. The van der Waals surface area contributed by atoms with E-state index in [1.54, 1.807) is 0 Å². The van der Waals surface area contributed by atoms with Crippen molar-refractivity contribution >= 4 is 22.9 Å². The Labute approximate surface area is 165 Å². The number of aromatic nitrogens is 2. The van der Waals surface area contributed by atoms with Crippen molar-refractivity contribution in [1.29, 1.82) is 0 Å². The standard InChI is InChI=1S/C23H26N4O/c28-22(17-8-2-1-3-9-17)24-18-14-15-26(16-18)23-25-20-12-6-7-13-21(20)27(23)19-10-4-5-11-19/h1-3,6-9,12-13,18-19H,4-5,10-11,14-16H2,(H,24,28)/t18-/m1/s1. The second-order valence-corrected chi connectivity index (χ2v) is 7.98. The van der Waals surface area contributed by atoms with E-state index in [2.05, 4.69) is 39.0 Å². The topological polar surface area (TPSA) is 50.2 Å². The van der Waals surface area contributed by atoms with Crippen LogP contribution in [0.2, 0.25) is 0 Å². The Balaban J connectivity index is 1.38. The first-order chi connectivity index (χ1) is 13.8. The van der Waals surface area contributed by atoms with Gasteiger partial charge < -0.3 is 14.8 Å². The minimum atomic E-state index is 0.0109. The molecule has 2 fully saturated rings. The van der Waals surface area contributed by atoms with Crippen LogP contribution in [0.3, 0.4) is 0 Å². The smallest absolute Gasteiger partial charge is 0.251 e. The van der Waals surface area contributed by atoms with Crippen LogP contribution in [-0.2, 0) is 0 Å². The van der Waals surface area contributed by atoms with Crippen LogP contribution < -0.4 is 10.2 Å². The van der Waals surface area contributed by atoms with Crippen molar-refractivity contribution in [2.45, 2.75) is 44.2 Å². The molecule has 5 rings (SSSR count). The van der Waals surface area contributed by atoms with Gasteiger partial charge in [-0.15, -0.1) is 0 Å². The molecule has 1 atom stereocenters. The van der Waals surface area contributed by atoms with Crippen LogP contribution in [0.25, 0.3) is 11.0 Å². The Kier molecular flexibility index (Phi) is 4.51. The average Bonchev–Trinajstić information content (AvgIpc) is 3.47. The highest BCUT2D eigenvalue weighted by molar-refractivity contribution is 5.94. The summed E-state index contributed by atoms with van der Waals surface area (Å²) in [5, 5.41) is 3.20. The molecule has 1 saturated heterocycles. The van der Waals surface area contributed by atoms with Crippen LogP contribution in [0.4, 0.5) is 5.95 Å². The zero-order valence-corrected chi connectivity index (χ0v) is 16.1. The second-order valence-electron chi connectivity index (χ2n) is 7.98. The summed E-state index contributed by atoms with van der Waals surface area (Å²) in [7, 11) is 0. The molecule has 0 spiro atoms. The molecule has 144 valence electrons.